The van der Waals surface area contributed by atoms with Crippen molar-refractivity contribution in [3.8, 4) is 0 Å². The zero-order valence-electron chi connectivity index (χ0n) is 11.0. The van der Waals surface area contributed by atoms with Crippen molar-refractivity contribution < 1.29 is 4.79 Å². The van der Waals surface area contributed by atoms with Crippen LogP contribution in [0.4, 0.5) is 0 Å². The molecular weight excluding hydrogens is 212 g/mol. The molecule has 3 unspecified atom stereocenters. The van der Waals surface area contributed by atoms with Crippen LogP contribution in [-0.4, -0.2) is 30.4 Å². The monoisotopic (exact) mass is 238 g/mol. The van der Waals surface area contributed by atoms with Crippen LogP contribution in [0.15, 0.2) is 0 Å². The van der Waals surface area contributed by atoms with Crippen molar-refractivity contribution in [1.82, 2.24) is 4.90 Å². The lowest BCUT2D eigenvalue weighted by atomic mass is 9.95. The van der Waals surface area contributed by atoms with Crippen LogP contribution in [0.2, 0.25) is 0 Å². The highest BCUT2D eigenvalue weighted by Gasteiger charge is 2.36. The fraction of sp³-hybridized carbons (Fsp3) is 0.929. The van der Waals surface area contributed by atoms with Crippen LogP contribution in [0, 0.1) is 17.8 Å². The summed E-state index contributed by atoms with van der Waals surface area (Å²) >= 11 is 0. The van der Waals surface area contributed by atoms with Crippen molar-refractivity contribution in [3.63, 3.8) is 0 Å². The van der Waals surface area contributed by atoms with E-state index < -0.39 is 0 Å². The Bertz CT molecular complexity index is 267. The van der Waals surface area contributed by atoms with Crippen LogP contribution in [0.3, 0.4) is 0 Å². The third kappa shape index (κ3) is 2.82. The molecule has 0 aromatic heterocycles. The number of carbonyl (C=O) groups excluding carboxylic acids is 1. The van der Waals surface area contributed by atoms with Crippen molar-refractivity contribution in [3.05, 3.63) is 0 Å². The number of likely N-dealkylation sites (tertiary alicyclic amines) is 1. The van der Waals surface area contributed by atoms with Gasteiger partial charge < -0.3 is 10.6 Å². The summed E-state index contributed by atoms with van der Waals surface area (Å²) in [6.45, 7) is 4.90. The van der Waals surface area contributed by atoms with Gasteiger partial charge in [0.05, 0.1) is 0 Å². The van der Waals surface area contributed by atoms with E-state index in [4.69, 9.17) is 5.73 Å². The number of hydrogen-bond acceptors (Lipinski definition) is 2. The predicted octanol–water partition coefficient (Wildman–Crippen LogP) is 2.01. The van der Waals surface area contributed by atoms with Gasteiger partial charge in [0.1, 0.15) is 0 Å². The average molecular weight is 238 g/mol. The Morgan fingerprint density at radius 3 is 2.88 bits per heavy atom. The third-order valence-corrected chi connectivity index (χ3v) is 4.57. The van der Waals surface area contributed by atoms with Gasteiger partial charge in [-0.15, -0.1) is 0 Å². The Morgan fingerprint density at radius 1 is 1.35 bits per heavy atom. The lowest BCUT2D eigenvalue weighted by molar-refractivity contribution is -0.135. The zero-order valence-corrected chi connectivity index (χ0v) is 11.0. The number of amides is 1. The Labute approximate surface area is 105 Å². The quantitative estimate of drug-likeness (QED) is 0.814. The molecule has 2 aliphatic rings. The highest BCUT2D eigenvalue weighted by molar-refractivity contribution is 5.79. The molecule has 1 aliphatic carbocycles. The minimum atomic E-state index is 0.236. The van der Waals surface area contributed by atoms with E-state index in [2.05, 4.69) is 11.8 Å². The first-order valence-electron chi connectivity index (χ1n) is 7.25. The van der Waals surface area contributed by atoms with Gasteiger partial charge in [-0.05, 0) is 44.1 Å². The Morgan fingerprint density at radius 2 is 2.18 bits per heavy atom. The normalized spacial score (nSPS) is 33.3. The van der Waals surface area contributed by atoms with E-state index >= 15 is 0 Å². The lowest BCUT2D eigenvalue weighted by Crippen LogP contribution is -2.37. The second-order valence-electron chi connectivity index (χ2n) is 5.76. The van der Waals surface area contributed by atoms with Crippen molar-refractivity contribution >= 4 is 5.91 Å². The Kier molecular flexibility index (Phi) is 4.43. The molecule has 1 amide bonds. The van der Waals surface area contributed by atoms with Gasteiger partial charge in [0, 0.05) is 19.0 Å². The molecule has 17 heavy (non-hydrogen) atoms. The molecule has 2 rings (SSSR count). The highest BCUT2D eigenvalue weighted by atomic mass is 16.2. The molecule has 1 aliphatic heterocycles. The molecule has 3 nitrogen and oxygen atoms in total. The van der Waals surface area contributed by atoms with E-state index in [1.54, 1.807) is 0 Å². The van der Waals surface area contributed by atoms with E-state index in [1.807, 2.05) is 0 Å². The van der Waals surface area contributed by atoms with Crippen LogP contribution < -0.4 is 5.73 Å². The van der Waals surface area contributed by atoms with Gasteiger partial charge in [0.15, 0.2) is 0 Å². The number of nitrogens with two attached hydrogens (primary N) is 1. The minimum Gasteiger partial charge on any atom is -0.342 e. The molecule has 0 aromatic carbocycles. The standard InChI is InChI=1S/C14H26N2O/c1-2-4-11-7-8-16(10-11)14(17)13-6-3-5-12(13)9-15/h11-13H,2-10,15H2,1H3. The van der Waals surface area contributed by atoms with Crippen molar-refractivity contribution in [1.29, 1.82) is 0 Å². The van der Waals surface area contributed by atoms with Crippen LogP contribution in [0.25, 0.3) is 0 Å². The van der Waals surface area contributed by atoms with E-state index in [-0.39, 0.29) is 5.92 Å². The van der Waals surface area contributed by atoms with Crippen molar-refractivity contribution in [2.45, 2.75) is 45.4 Å². The summed E-state index contributed by atoms with van der Waals surface area (Å²) < 4.78 is 0. The summed E-state index contributed by atoms with van der Waals surface area (Å²) in [5, 5.41) is 0. The van der Waals surface area contributed by atoms with Crippen LogP contribution >= 0.6 is 0 Å². The summed E-state index contributed by atoms with van der Waals surface area (Å²) in [5.41, 5.74) is 5.76. The molecule has 2 N–H and O–H groups in total. The number of hydrogen-bond donors (Lipinski definition) is 1. The number of carbonyl (C=O) groups is 1. The molecule has 0 bridgehead atoms. The lowest BCUT2D eigenvalue weighted by Gasteiger charge is -2.24. The largest absolute Gasteiger partial charge is 0.342 e. The van der Waals surface area contributed by atoms with E-state index in [9.17, 15) is 4.79 Å². The maximum Gasteiger partial charge on any atom is 0.226 e. The Balaban J connectivity index is 1.88. The molecule has 2 fully saturated rings. The maximum atomic E-state index is 12.4. The topological polar surface area (TPSA) is 46.3 Å². The summed E-state index contributed by atoms with van der Waals surface area (Å²) in [6, 6.07) is 0. The minimum absolute atomic E-state index is 0.236. The van der Waals surface area contributed by atoms with Gasteiger partial charge in [-0.25, -0.2) is 0 Å². The van der Waals surface area contributed by atoms with Gasteiger partial charge in [-0.1, -0.05) is 19.8 Å². The molecule has 0 spiro atoms. The SMILES string of the molecule is CCCC1CCN(C(=O)C2CCCC2CN)C1. The van der Waals surface area contributed by atoms with Crippen LogP contribution in [0.5, 0.6) is 0 Å². The molecule has 3 heteroatoms. The second kappa shape index (κ2) is 5.85. The zero-order chi connectivity index (χ0) is 12.3. The molecule has 0 radical (unpaired) electrons. The average Bonchev–Trinajstić information content (AvgIpc) is 2.96. The maximum absolute atomic E-state index is 12.4. The number of nitrogens with zero attached hydrogens (tertiary/aromatic N) is 1. The Hall–Kier alpha value is -0.570. The summed E-state index contributed by atoms with van der Waals surface area (Å²) in [5.74, 6) is 1.84. The van der Waals surface area contributed by atoms with E-state index in [0.29, 0.717) is 18.4 Å². The first-order chi connectivity index (χ1) is 8.26. The molecule has 3 atom stereocenters. The van der Waals surface area contributed by atoms with Gasteiger partial charge in [0.25, 0.3) is 0 Å². The van der Waals surface area contributed by atoms with Crippen LogP contribution in [0.1, 0.15) is 45.4 Å². The van der Waals surface area contributed by atoms with Crippen molar-refractivity contribution in [2.75, 3.05) is 19.6 Å². The van der Waals surface area contributed by atoms with Gasteiger partial charge in [0.2, 0.25) is 5.91 Å². The summed E-state index contributed by atoms with van der Waals surface area (Å²) in [6.07, 6.45) is 7.12. The van der Waals surface area contributed by atoms with Gasteiger partial charge in [-0.2, -0.15) is 0 Å². The second-order valence-corrected chi connectivity index (χ2v) is 5.76. The summed E-state index contributed by atoms with van der Waals surface area (Å²) in [4.78, 5) is 14.5. The molecule has 1 heterocycles. The third-order valence-electron chi connectivity index (χ3n) is 4.57. The molecular formula is C14H26N2O. The number of rotatable bonds is 4. The highest BCUT2D eigenvalue weighted by Crippen LogP contribution is 2.34. The van der Waals surface area contributed by atoms with E-state index in [0.717, 1.165) is 31.8 Å². The van der Waals surface area contributed by atoms with Crippen LogP contribution in [-0.2, 0) is 4.79 Å². The van der Waals surface area contributed by atoms with Gasteiger partial charge >= 0.3 is 0 Å². The molecule has 0 aromatic rings. The van der Waals surface area contributed by atoms with Gasteiger partial charge in [-0.3, -0.25) is 4.79 Å². The fourth-order valence-electron chi connectivity index (χ4n) is 3.56. The predicted molar refractivity (Wildman–Crippen MR) is 69.5 cm³/mol. The molecule has 1 saturated heterocycles. The molecule has 1 saturated carbocycles. The fourth-order valence-corrected chi connectivity index (χ4v) is 3.56. The summed E-state index contributed by atoms with van der Waals surface area (Å²) in [7, 11) is 0. The smallest absolute Gasteiger partial charge is 0.226 e. The first kappa shape index (κ1) is 12.9. The van der Waals surface area contributed by atoms with E-state index in [1.165, 1.54) is 25.7 Å². The molecule has 98 valence electrons. The first-order valence-corrected chi connectivity index (χ1v) is 7.25. The van der Waals surface area contributed by atoms with Crippen molar-refractivity contribution in [2.24, 2.45) is 23.5 Å².